The molecule has 2 aromatic heterocycles. The van der Waals surface area contributed by atoms with Gasteiger partial charge in [-0.15, -0.1) is 0 Å². The van der Waals surface area contributed by atoms with Gasteiger partial charge >= 0.3 is 0 Å². The second kappa shape index (κ2) is 6.48. The summed E-state index contributed by atoms with van der Waals surface area (Å²) in [7, 11) is 4.04. The number of rotatable bonds is 1. The Morgan fingerprint density at radius 3 is 2.09 bits per heavy atom. The van der Waals surface area contributed by atoms with Gasteiger partial charge in [-0.25, -0.2) is 0 Å². The van der Waals surface area contributed by atoms with Crippen LogP contribution in [0.4, 0.5) is 0 Å². The van der Waals surface area contributed by atoms with Gasteiger partial charge < -0.3 is 9.13 Å². The van der Waals surface area contributed by atoms with Gasteiger partial charge in [0.25, 0.3) is 0 Å². The van der Waals surface area contributed by atoms with Gasteiger partial charge in [-0.3, -0.25) is 0 Å². The first kappa shape index (κ1) is 18.2. The summed E-state index contributed by atoms with van der Waals surface area (Å²) in [5.74, 6) is 0. The maximum Gasteiger partial charge on any atom is 0.102 e. The van der Waals surface area contributed by atoms with E-state index in [-0.39, 0.29) is 0 Å². The lowest BCUT2D eigenvalue weighted by atomic mass is 9.96. The van der Waals surface area contributed by atoms with E-state index in [2.05, 4.69) is 63.7 Å². The number of benzene rings is 4. The summed E-state index contributed by atoms with van der Waals surface area (Å²) < 4.78 is 4.24. The van der Waals surface area contributed by atoms with Gasteiger partial charge in [0, 0.05) is 52.2 Å². The van der Waals surface area contributed by atoms with Crippen molar-refractivity contribution in [3.05, 3.63) is 83.9 Å². The highest BCUT2D eigenvalue weighted by atomic mass is 14.9. The highest BCUT2D eigenvalue weighted by Gasteiger charge is 2.17. The van der Waals surface area contributed by atoms with Crippen molar-refractivity contribution in [3.63, 3.8) is 0 Å². The first-order valence-corrected chi connectivity index (χ1v) is 10.5. The molecular formula is C28H18N4. The molecule has 32 heavy (non-hydrogen) atoms. The Hall–Kier alpha value is -4.54. The fraction of sp³-hybridized carbons (Fsp3) is 0.0714. The lowest BCUT2D eigenvalue weighted by Crippen LogP contribution is -1.93. The van der Waals surface area contributed by atoms with Crippen molar-refractivity contribution in [3.8, 4) is 23.3 Å². The van der Waals surface area contributed by atoms with Gasteiger partial charge in [0.1, 0.15) is 6.07 Å². The largest absolute Gasteiger partial charge is 0.344 e. The van der Waals surface area contributed by atoms with Crippen molar-refractivity contribution in [2.75, 3.05) is 0 Å². The van der Waals surface area contributed by atoms with Crippen LogP contribution in [0.1, 0.15) is 11.1 Å². The third-order valence-electron chi connectivity index (χ3n) is 6.63. The maximum atomic E-state index is 10.2. The van der Waals surface area contributed by atoms with Gasteiger partial charge in [-0.05, 0) is 29.8 Å². The van der Waals surface area contributed by atoms with Crippen molar-refractivity contribution in [1.29, 1.82) is 10.5 Å². The topological polar surface area (TPSA) is 57.4 Å². The highest BCUT2D eigenvalue weighted by molar-refractivity contribution is 6.12. The fourth-order valence-electron chi connectivity index (χ4n) is 5.07. The van der Waals surface area contributed by atoms with Crippen LogP contribution in [0.2, 0.25) is 0 Å². The molecule has 0 aliphatic carbocycles. The predicted molar refractivity (Wildman–Crippen MR) is 129 cm³/mol. The molecule has 0 atom stereocenters. The first-order valence-electron chi connectivity index (χ1n) is 10.5. The summed E-state index contributed by atoms with van der Waals surface area (Å²) in [6.07, 6.45) is 0. The Morgan fingerprint density at radius 2 is 1.31 bits per heavy atom. The van der Waals surface area contributed by atoms with Gasteiger partial charge in [0.05, 0.1) is 28.2 Å². The zero-order valence-corrected chi connectivity index (χ0v) is 17.7. The van der Waals surface area contributed by atoms with Crippen molar-refractivity contribution in [2.24, 2.45) is 14.1 Å². The smallest absolute Gasteiger partial charge is 0.102 e. The molecule has 0 aliphatic rings. The van der Waals surface area contributed by atoms with Crippen LogP contribution < -0.4 is 0 Å². The maximum absolute atomic E-state index is 10.2. The molecule has 150 valence electrons. The van der Waals surface area contributed by atoms with E-state index in [1.54, 1.807) is 0 Å². The SMILES string of the molecule is Cn1c2cc(C#N)ccc2c2ccc(-c3ccc4c5ccccc5n(C)c4c3C#N)cc21. The van der Waals surface area contributed by atoms with Gasteiger partial charge in [-0.2, -0.15) is 10.5 Å². The van der Waals surface area contributed by atoms with Gasteiger partial charge in [0.2, 0.25) is 0 Å². The molecule has 0 amide bonds. The Kier molecular flexibility index (Phi) is 3.69. The van der Waals surface area contributed by atoms with Crippen molar-refractivity contribution in [1.82, 2.24) is 9.13 Å². The summed E-state index contributed by atoms with van der Waals surface area (Å²) in [6.45, 7) is 0. The standard InChI is InChI=1S/C28H18N4/c1-31-26-13-17(15-29)7-9-21(26)22-10-8-18(14-27(22)31)19-11-12-23-20-5-3-4-6-25(20)32(2)28(23)24(19)16-30/h3-14H,1-2H3. The summed E-state index contributed by atoms with van der Waals surface area (Å²) in [6, 6.07) is 29.3. The van der Waals surface area contributed by atoms with E-state index in [9.17, 15) is 10.5 Å². The zero-order valence-electron chi connectivity index (χ0n) is 17.7. The molecule has 4 aromatic carbocycles. The van der Waals surface area contributed by atoms with Gasteiger partial charge in [-0.1, -0.05) is 48.5 Å². The lowest BCUT2D eigenvalue weighted by molar-refractivity contribution is 1.01. The lowest BCUT2D eigenvalue weighted by Gasteiger charge is -2.09. The summed E-state index contributed by atoms with van der Waals surface area (Å²) in [4.78, 5) is 0. The Bertz CT molecular complexity index is 1820. The van der Waals surface area contributed by atoms with Crippen molar-refractivity contribution >= 4 is 43.6 Å². The van der Waals surface area contributed by atoms with E-state index in [4.69, 9.17) is 0 Å². The monoisotopic (exact) mass is 410 g/mol. The zero-order chi connectivity index (χ0) is 22.0. The minimum atomic E-state index is 0.650. The number of aryl methyl sites for hydroxylation is 2. The fourth-order valence-corrected chi connectivity index (χ4v) is 5.07. The van der Waals surface area contributed by atoms with E-state index in [1.807, 2.05) is 44.4 Å². The Balaban J connectivity index is 1.66. The van der Waals surface area contributed by atoms with E-state index in [0.717, 1.165) is 54.7 Å². The third kappa shape index (κ3) is 2.30. The van der Waals surface area contributed by atoms with Crippen LogP contribution in [0.15, 0.2) is 72.8 Å². The number of aromatic nitrogens is 2. The van der Waals surface area contributed by atoms with Crippen LogP contribution in [0, 0.1) is 22.7 Å². The van der Waals surface area contributed by atoms with E-state index >= 15 is 0 Å². The minimum Gasteiger partial charge on any atom is -0.344 e. The van der Waals surface area contributed by atoms with Crippen LogP contribution in [0.25, 0.3) is 54.7 Å². The molecule has 0 saturated heterocycles. The molecule has 4 nitrogen and oxygen atoms in total. The third-order valence-corrected chi connectivity index (χ3v) is 6.63. The number of hydrogen-bond acceptors (Lipinski definition) is 2. The average molecular weight is 410 g/mol. The molecular weight excluding hydrogens is 392 g/mol. The van der Waals surface area contributed by atoms with E-state index < -0.39 is 0 Å². The Labute approximate surface area is 184 Å². The van der Waals surface area contributed by atoms with Crippen LogP contribution in [0.5, 0.6) is 0 Å². The molecule has 0 fully saturated rings. The molecule has 0 bridgehead atoms. The molecule has 0 unspecified atom stereocenters. The van der Waals surface area contributed by atoms with Crippen LogP contribution in [-0.4, -0.2) is 9.13 Å². The molecule has 0 aliphatic heterocycles. The summed E-state index contributed by atoms with van der Waals surface area (Å²) in [5, 5.41) is 24.0. The second-order valence-electron chi connectivity index (χ2n) is 8.21. The molecule has 6 aromatic rings. The van der Waals surface area contributed by atoms with Gasteiger partial charge in [0.15, 0.2) is 0 Å². The van der Waals surface area contributed by atoms with Crippen LogP contribution in [0.3, 0.4) is 0 Å². The number of nitrogens with zero attached hydrogens (tertiary/aromatic N) is 4. The molecule has 6 rings (SSSR count). The van der Waals surface area contributed by atoms with Crippen molar-refractivity contribution in [2.45, 2.75) is 0 Å². The molecule has 0 spiro atoms. The molecule has 0 radical (unpaired) electrons. The van der Waals surface area contributed by atoms with E-state index in [0.29, 0.717) is 11.1 Å². The first-order chi connectivity index (χ1) is 15.6. The predicted octanol–water partition coefficient (Wildman–Crippen LogP) is 6.39. The van der Waals surface area contributed by atoms with Crippen LogP contribution in [-0.2, 0) is 14.1 Å². The molecule has 2 heterocycles. The molecule has 0 saturated carbocycles. The normalized spacial score (nSPS) is 11.4. The number of nitriles is 2. The average Bonchev–Trinajstić information content (AvgIpc) is 3.29. The van der Waals surface area contributed by atoms with Crippen molar-refractivity contribution < 1.29 is 0 Å². The van der Waals surface area contributed by atoms with Crippen LogP contribution >= 0.6 is 0 Å². The number of fused-ring (bicyclic) bond motifs is 6. The molecule has 0 N–H and O–H groups in total. The number of hydrogen-bond donors (Lipinski definition) is 0. The summed E-state index contributed by atoms with van der Waals surface area (Å²) >= 11 is 0. The quantitative estimate of drug-likeness (QED) is 0.315. The highest BCUT2D eigenvalue weighted by Crippen LogP contribution is 2.37. The molecule has 4 heteroatoms. The minimum absolute atomic E-state index is 0.650. The van der Waals surface area contributed by atoms with E-state index in [1.165, 1.54) is 0 Å². The summed E-state index contributed by atoms with van der Waals surface area (Å²) in [5.41, 5.74) is 7.45. The second-order valence-corrected chi connectivity index (χ2v) is 8.21. The number of para-hydroxylation sites is 1. The Morgan fingerprint density at radius 1 is 0.625 bits per heavy atom.